The summed E-state index contributed by atoms with van der Waals surface area (Å²) >= 11 is 0. The quantitative estimate of drug-likeness (QED) is 0.774. The van der Waals surface area contributed by atoms with E-state index in [0.29, 0.717) is 6.04 Å². The van der Waals surface area contributed by atoms with Gasteiger partial charge in [-0.15, -0.1) is 0 Å². The van der Waals surface area contributed by atoms with Crippen LogP contribution in [0.5, 0.6) is 0 Å². The van der Waals surface area contributed by atoms with Crippen LogP contribution < -0.4 is 5.32 Å². The predicted octanol–water partition coefficient (Wildman–Crippen LogP) is 4.55. The fourth-order valence-corrected chi connectivity index (χ4v) is 5.85. The van der Waals surface area contributed by atoms with Crippen LogP contribution in [-0.4, -0.2) is 37.1 Å². The highest BCUT2D eigenvalue weighted by Crippen LogP contribution is 2.69. The second-order valence-electron chi connectivity index (χ2n) is 9.72. The number of nitrogens with zero attached hydrogens (tertiary/aromatic N) is 1. The molecule has 0 amide bonds. The van der Waals surface area contributed by atoms with Gasteiger partial charge in [0.1, 0.15) is 0 Å². The van der Waals surface area contributed by atoms with Gasteiger partial charge in [-0.1, -0.05) is 27.7 Å². The van der Waals surface area contributed by atoms with E-state index in [2.05, 4.69) is 37.9 Å². The first-order valence-corrected chi connectivity index (χ1v) is 9.86. The van der Waals surface area contributed by atoms with Crippen LogP contribution in [0.2, 0.25) is 0 Å². The zero-order chi connectivity index (χ0) is 15.8. The summed E-state index contributed by atoms with van der Waals surface area (Å²) in [6.07, 6.45) is 10.6. The summed E-state index contributed by atoms with van der Waals surface area (Å²) in [5, 5.41) is 3.58. The normalized spacial score (nSPS) is 27.5. The van der Waals surface area contributed by atoms with Crippen molar-refractivity contribution in [2.24, 2.45) is 22.7 Å². The minimum absolute atomic E-state index is 0. The topological polar surface area (TPSA) is 15.3 Å². The summed E-state index contributed by atoms with van der Waals surface area (Å²) < 4.78 is 0. The fourth-order valence-electron chi connectivity index (χ4n) is 5.85. The van der Waals surface area contributed by atoms with Crippen molar-refractivity contribution in [2.75, 3.05) is 26.2 Å². The number of hydrogen-bond donors (Lipinski definition) is 1. The van der Waals surface area contributed by atoms with Crippen LogP contribution in [0, 0.1) is 22.7 Å². The average molecular weight is 309 g/mol. The molecule has 0 atom stereocenters. The minimum Gasteiger partial charge on any atom is -0.315 e. The summed E-state index contributed by atoms with van der Waals surface area (Å²) in [6.45, 7) is 14.5. The van der Waals surface area contributed by atoms with E-state index in [-0.39, 0.29) is 1.43 Å². The highest BCUT2D eigenvalue weighted by Gasteiger charge is 2.59. The zero-order valence-electron chi connectivity index (χ0n) is 15.5. The van der Waals surface area contributed by atoms with Gasteiger partial charge in [0.25, 0.3) is 0 Å². The molecule has 0 unspecified atom stereocenters. The van der Waals surface area contributed by atoms with Gasteiger partial charge < -0.3 is 10.2 Å². The van der Waals surface area contributed by atoms with Gasteiger partial charge in [-0.05, 0) is 87.2 Å². The molecule has 1 aliphatic heterocycles. The number of nitrogens with one attached hydrogen (secondary N) is 1. The lowest BCUT2D eigenvalue weighted by atomic mass is 9.40. The molecule has 3 rings (SSSR count). The molecular weight excluding hydrogens is 268 g/mol. The second kappa shape index (κ2) is 6.43. The van der Waals surface area contributed by atoms with Gasteiger partial charge in [-0.2, -0.15) is 0 Å². The molecule has 0 aromatic rings. The van der Waals surface area contributed by atoms with Gasteiger partial charge in [0.15, 0.2) is 0 Å². The third-order valence-corrected chi connectivity index (χ3v) is 6.59. The molecule has 3 aliphatic rings. The summed E-state index contributed by atoms with van der Waals surface area (Å²) in [5.41, 5.74) is 1.58. The van der Waals surface area contributed by atoms with Crippen molar-refractivity contribution >= 4 is 0 Å². The van der Waals surface area contributed by atoms with Crippen LogP contribution in [-0.2, 0) is 0 Å². The lowest BCUT2D eigenvalue weighted by Crippen LogP contribution is -2.57. The minimum atomic E-state index is 0. The Balaban J connectivity index is 0.00000192. The third kappa shape index (κ3) is 3.70. The van der Waals surface area contributed by atoms with Crippen LogP contribution in [0.4, 0.5) is 0 Å². The first-order valence-electron chi connectivity index (χ1n) is 9.86. The van der Waals surface area contributed by atoms with Crippen LogP contribution in [0.25, 0.3) is 0 Å². The van der Waals surface area contributed by atoms with E-state index >= 15 is 0 Å². The first-order chi connectivity index (χ1) is 10.4. The first kappa shape index (κ1) is 16.8. The van der Waals surface area contributed by atoms with E-state index in [1.54, 1.807) is 25.7 Å². The molecule has 2 spiro atoms. The molecular formula is C20H40N2. The maximum Gasteiger partial charge on any atom is 0.00103 e. The van der Waals surface area contributed by atoms with Crippen LogP contribution >= 0.6 is 0 Å². The van der Waals surface area contributed by atoms with Gasteiger partial charge >= 0.3 is 0 Å². The van der Waals surface area contributed by atoms with E-state index in [1.165, 1.54) is 45.4 Å². The van der Waals surface area contributed by atoms with Crippen molar-refractivity contribution in [3.63, 3.8) is 0 Å². The largest absolute Gasteiger partial charge is 0.315 e. The van der Waals surface area contributed by atoms with Crippen LogP contribution in [0.1, 0.15) is 74.1 Å². The molecule has 3 fully saturated rings. The second-order valence-corrected chi connectivity index (χ2v) is 9.72. The monoisotopic (exact) mass is 308 g/mol. The Bertz CT molecular complexity index is 356. The van der Waals surface area contributed by atoms with Crippen molar-refractivity contribution in [1.82, 2.24) is 10.2 Å². The molecule has 22 heavy (non-hydrogen) atoms. The third-order valence-electron chi connectivity index (χ3n) is 6.59. The van der Waals surface area contributed by atoms with Crippen molar-refractivity contribution in [1.29, 1.82) is 0 Å². The van der Waals surface area contributed by atoms with Gasteiger partial charge in [0.2, 0.25) is 0 Å². The molecule has 2 heteroatoms. The number of rotatable bonds is 6. The number of hydrogen-bond acceptors (Lipinski definition) is 2. The molecule has 2 nitrogen and oxygen atoms in total. The van der Waals surface area contributed by atoms with Crippen molar-refractivity contribution in [3.05, 3.63) is 0 Å². The molecule has 1 heterocycles. The molecule has 0 bridgehead atoms. The molecule has 2 saturated carbocycles. The van der Waals surface area contributed by atoms with Crippen molar-refractivity contribution in [2.45, 2.75) is 78.7 Å². The summed E-state index contributed by atoms with van der Waals surface area (Å²) in [5.74, 6) is 1.86. The summed E-state index contributed by atoms with van der Waals surface area (Å²) in [7, 11) is 0. The Hall–Kier alpha value is -0.0800. The van der Waals surface area contributed by atoms with Gasteiger partial charge in [0.05, 0.1) is 0 Å². The smallest absolute Gasteiger partial charge is 0.00103 e. The maximum atomic E-state index is 3.58. The van der Waals surface area contributed by atoms with Crippen LogP contribution in [0.15, 0.2) is 0 Å². The Kier molecular flexibility index (Phi) is 4.90. The standard InChI is InChI=1S/C20H38N2.H2/c1-16(2)13-22-9-6-19(7-10-22)14-20(15-19)11-18(12-20)5-8-21-17(3)4;/h16-18,21H,5-15H2,1-4H3;1H. The van der Waals surface area contributed by atoms with E-state index in [4.69, 9.17) is 0 Å². The number of piperidine rings is 1. The molecule has 0 radical (unpaired) electrons. The SMILES string of the molecule is CC(C)CN1CCC2(CC1)CC1(CC(CCNC(C)C)C1)C2.[HH]. The molecule has 2 aliphatic carbocycles. The Labute approximate surface area is 139 Å². The highest BCUT2D eigenvalue weighted by atomic mass is 15.1. The van der Waals surface area contributed by atoms with Gasteiger partial charge in [-0.3, -0.25) is 0 Å². The van der Waals surface area contributed by atoms with E-state index < -0.39 is 0 Å². The molecule has 1 saturated heterocycles. The van der Waals surface area contributed by atoms with E-state index in [1.807, 2.05) is 0 Å². The summed E-state index contributed by atoms with van der Waals surface area (Å²) in [4.78, 5) is 2.71. The number of likely N-dealkylation sites (tertiary alicyclic amines) is 1. The average Bonchev–Trinajstić information content (AvgIpc) is 2.35. The Morgan fingerprint density at radius 1 is 1.05 bits per heavy atom. The maximum absolute atomic E-state index is 3.58. The van der Waals surface area contributed by atoms with Gasteiger partial charge in [-0.25, -0.2) is 0 Å². The highest BCUT2D eigenvalue weighted by molar-refractivity contribution is 5.10. The van der Waals surface area contributed by atoms with Crippen molar-refractivity contribution < 1.29 is 1.43 Å². The van der Waals surface area contributed by atoms with E-state index in [0.717, 1.165) is 22.7 Å². The Morgan fingerprint density at radius 3 is 2.23 bits per heavy atom. The lowest BCUT2D eigenvalue weighted by Gasteiger charge is -2.66. The molecule has 1 N–H and O–H groups in total. The van der Waals surface area contributed by atoms with Crippen LogP contribution in [0.3, 0.4) is 0 Å². The summed E-state index contributed by atoms with van der Waals surface area (Å²) in [6, 6.07) is 0.650. The molecule has 0 aromatic carbocycles. The fraction of sp³-hybridized carbons (Fsp3) is 1.00. The Morgan fingerprint density at radius 2 is 1.68 bits per heavy atom. The van der Waals surface area contributed by atoms with Crippen molar-refractivity contribution in [3.8, 4) is 0 Å². The zero-order valence-corrected chi connectivity index (χ0v) is 15.5. The van der Waals surface area contributed by atoms with Gasteiger partial charge in [0, 0.05) is 14.0 Å². The molecule has 130 valence electrons. The lowest BCUT2D eigenvalue weighted by molar-refractivity contribution is -0.150. The van der Waals surface area contributed by atoms with E-state index in [9.17, 15) is 0 Å². The predicted molar refractivity (Wildman–Crippen MR) is 97.2 cm³/mol. The molecule has 0 aromatic heterocycles.